The van der Waals surface area contributed by atoms with Crippen molar-refractivity contribution in [2.45, 2.75) is 51.9 Å². The topological polar surface area (TPSA) is 38.7 Å². The SMILES string of the molecule is CCCCCCc1nccc2nc(CCc3ccccc3)ncc12.[HH]. The molecular formula is C21H27N3. The minimum Gasteiger partial charge on any atom is -0.260 e. The summed E-state index contributed by atoms with van der Waals surface area (Å²) in [7, 11) is 0. The number of benzene rings is 1. The van der Waals surface area contributed by atoms with Crippen molar-refractivity contribution in [1.29, 1.82) is 0 Å². The molecule has 0 saturated carbocycles. The Labute approximate surface area is 145 Å². The lowest BCUT2D eigenvalue weighted by Crippen LogP contribution is -2.00. The zero-order valence-corrected chi connectivity index (χ0v) is 14.4. The Morgan fingerprint density at radius 2 is 1.75 bits per heavy atom. The Balaban J connectivity index is 0.00000225. The van der Waals surface area contributed by atoms with Crippen LogP contribution in [0.15, 0.2) is 48.8 Å². The van der Waals surface area contributed by atoms with E-state index in [2.05, 4.69) is 41.2 Å². The fraction of sp³-hybridized carbons (Fsp3) is 0.381. The number of unbranched alkanes of at least 4 members (excludes halogenated alkanes) is 3. The van der Waals surface area contributed by atoms with Crippen LogP contribution < -0.4 is 0 Å². The maximum absolute atomic E-state index is 4.74. The molecule has 3 nitrogen and oxygen atoms in total. The van der Waals surface area contributed by atoms with Crippen LogP contribution in [0.1, 0.15) is 51.1 Å². The van der Waals surface area contributed by atoms with Crippen molar-refractivity contribution in [3.8, 4) is 0 Å². The Morgan fingerprint density at radius 3 is 2.58 bits per heavy atom. The second-order valence-electron chi connectivity index (χ2n) is 6.27. The van der Waals surface area contributed by atoms with Crippen molar-refractivity contribution in [2.75, 3.05) is 0 Å². The molecule has 0 N–H and O–H groups in total. The molecule has 3 aromatic rings. The van der Waals surface area contributed by atoms with Crippen LogP contribution in [0.3, 0.4) is 0 Å². The van der Waals surface area contributed by atoms with Crippen LogP contribution in [-0.2, 0) is 19.3 Å². The molecule has 0 radical (unpaired) electrons. The molecule has 0 amide bonds. The number of aromatic nitrogens is 3. The van der Waals surface area contributed by atoms with Crippen molar-refractivity contribution in [1.82, 2.24) is 15.0 Å². The van der Waals surface area contributed by atoms with E-state index in [1.165, 1.54) is 31.2 Å². The molecule has 3 heteroatoms. The predicted molar refractivity (Wildman–Crippen MR) is 101 cm³/mol. The summed E-state index contributed by atoms with van der Waals surface area (Å²) in [5.74, 6) is 0.912. The minimum absolute atomic E-state index is 0. The number of fused-ring (bicyclic) bond motifs is 1. The summed E-state index contributed by atoms with van der Waals surface area (Å²) in [5.41, 5.74) is 3.49. The van der Waals surface area contributed by atoms with Gasteiger partial charge in [-0.15, -0.1) is 0 Å². The molecule has 2 aromatic heterocycles. The molecule has 3 rings (SSSR count). The van der Waals surface area contributed by atoms with Gasteiger partial charge in [-0.2, -0.15) is 0 Å². The van der Waals surface area contributed by atoms with Gasteiger partial charge in [0.15, 0.2) is 0 Å². The highest BCUT2D eigenvalue weighted by Gasteiger charge is 2.06. The van der Waals surface area contributed by atoms with E-state index in [0.29, 0.717) is 0 Å². The average Bonchev–Trinajstić information content (AvgIpc) is 2.64. The normalized spacial score (nSPS) is 11.0. The van der Waals surface area contributed by atoms with Gasteiger partial charge in [-0.25, -0.2) is 9.97 Å². The maximum atomic E-state index is 4.74. The van der Waals surface area contributed by atoms with Gasteiger partial charge in [0.05, 0.1) is 11.2 Å². The van der Waals surface area contributed by atoms with Crippen molar-refractivity contribution >= 4 is 10.9 Å². The number of nitrogens with zero attached hydrogens (tertiary/aromatic N) is 3. The van der Waals surface area contributed by atoms with E-state index in [1.807, 2.05) is 24.5 Å². The van der Waals surface area contributed by atoms with Crippen LogP contribution in [0.25, 0.3) is 10.9 Å². The molecule has 0 aliphatic rings. The third-order valence-electron chi connectivity index (χ3n) is 4.39. The first-order valence-electron chi connectivity index (χ1n) is 9.00. The highest BCUT2D eigenvalue weighted by atomic mass is 14.9. The van der Waals surface area contributed by atoms with Crippen LogP contribution in [0.2, 0.25) is 0 Å². The average molecular weight is 321 g/mol. The number of pyridine rings is 1. The first-order chi connectivity index (χ1) is 11.9. The first kappa shape index (κ1) is 16.6. The highest BCUT2D eigenvalue weighted by molar-refractivity contribution is 5.79. The van der Waals surface area contributed by atoms with Gasteiger partial charge in [0.25, 0.3) is 0 Å². The summed E-state index contributed by atoms with van der Waals surface area (Å²) < 4.78 is 0. The third kappa shape index (κ3) is 4.38. The lowest BCUT2D eigenvalue weighted by molar-refractivity contribution is 0.662. The van der Waals surface area contributed by atoms with E-state index in [4.69, 9.17) is 4.98 Å². The molecule has 0 fully saturated rings. The van der Waals surface area contributed by atoms with E-state index in [9.17, 15) is 0 Å². The minimum atomic E-state index is 0. The molecule has 0 bridgehead atoms. The number of hydrogen-bond acceptors (Lipinski definition) is 3. The van der Waals surface area contributed by atoms with Crippen molar-refractivity contribution in [2.24, 2.45) is 0 Å². The van der Waals surface area contributed by atoms with Gasteiger partial charge in [0.1, 0.15) is 5.82 Å². The monoisotopic (exact) mass is 321 g/mol. The molecule has 0 unspecified atom stereocenters. The molecular weight excluding hydrogens is 294 g/mol. The van der Waals surface area contributed by atoms with Crippen LogP contribution in [0.5, 0.6) is 0 Å². The summed E-state index contributed by atoms with van der Waals surface area (Å²) in [4.78, 5) is 13.9. The fourth-order valence-corrected chi connectivity index (χ4v) is 2.99. The van der Waals surface area contributed by atoms with Crippen molar-refractivity contribution in [3.63, 3.8) is 0 Å². The lowest BCUT2D eigenvalue weighted by atomic mass is 10.1. The summed E-state index contributed by atoms with van der Waals surface area (Å²) >= 11 is 0. The molecule has 1 aromatic carbocycles. The lowest BCUT2D eigenvalue weighted by Gasteiger charge is -2.07. The van der Waals surface area contributed by atoms with Crippen LogP contribution in [0, 0.1) is 0 Å². The van der Waals surface area contributed by atoms with Gasteiger partial charge < -0.3 is 0 Å². The Morgan fingerprint density at radius 1 is 0.875 bits per heavy atom. The molecule has 2 heterocycles. The van der Waals surface area contributed by atoms with Gasteiger partial charge in [-0.3, -0.25) is 4.98 Å². The summed E-state index contributed by atoms with van der Waals surface area (Å²) in [6.07, 6.45) is 11.7. The van der Waals surface area contributed by atoms with Crippen LogP contribution >= 0.6 is 0 Å². The molecule has 0 spiro atoms. The molecule has 0 aliphatic heterocycles. The third-order valence-corrected chi connectivity index (χ3v) is 4.39. The zero-order valence-electron chi connectivity index (χ0n) is 14.4. The number of aryl methyl sites for hydroxylation is 3. The van der Waals surface area contributed by atoms with E-state index in [-0.39, 0.29) is 1.43 Å². The maximum Gasteiger partial charge on any atom is 0.129 e. The first-order valence-corrected chi connectivity index (χ1v) is 9.00. The van der Waals surface area contributed by atoms with Crippen LogP contribution in [0.4, 0.5) is 0 Å². The smallest absolute Gasteiger partial charge is 0.129 e. The largest absolute Gasteiger partial charge is 0.260 e. The van der Waals surface area contributed by atoms with Gasteiger partial charge in [0, 0.05) is 25.6 Å². The quantitative estimate of drug-likeness (QED) is 0.537. The Hall–Kier alpha value is -2.29. The fourth-order valence-electron chi connectivity index (χ4n) is 2.99. The van der Waals surface area contributed by atoms with Crippen molar-refractivity contribution < 1.29 is 1.43 Å². The summed E-state index contributed by atoms with van der Waals surface area (Å²) in [6.45, 7) is 2.24. The summed E-state index contributed by atoms with van der Waals surface area (Å²) in [6, 6.07) is 12.5. The second-order valence-corrected chi connectivity index (χ2v) is 6.27. The molecule has 24 heavy (non-hydrogen) atoms. The Bertz CT molecular complexity index is 774. The molecule has 126 valence electrons. The van der Waals surface area contributed by atoms with E-state index >= 15 is 0 Å². The van der Waals surface area contributed by atoms with Gasteiger partial charge in [0.2, 0.25) is 0 Å². The van der Waals surface area contributed by atoms with Crippen molar-refractivity contribution in [3.05, 3.63) is 65.9 Å². The van der Waals surface area contributed by atoms with Gasteiger partial charge in [-0.05, 0) is 30.9 Å². The molecule has 0 atom stereocenters. The van der Waals surface area contributed by atoms with Gasteiger partial charge in [-0.1, -0.05) is 56.5 Å². The Kier molecular flexibility index (Phi) is 5.89. The highest BCUT2D eigenvalue weighted by Crippen LogP contribution is 2.17. The summed E-state index contributed by atoms with van der Waals surface area (Å²) in [5, 5.41) is 1.11. The standard InChI is InChI=1S/C21H25N3.H2/c1-2-3-4-8-11-19-18-16-23-21(24-20(18)14-15-22-19)13-12-17-9-6-5-7-10-17;/h5-7,9-10,14-16H,2-4,8,11-13H2,1H3;1H. The molecule has 0 saturated heterocycles. The van der Waals surface area contributed by atoms with E-state index in [1.54, 1.807) is 0 Å². The predicted octanol–water partition coefficient (Wildman–Crippen LogP) is 5.18. The molecule has 0 aliphatic carbocycles. The number of hydrogen-bond donors (Lipinski definition) is 0. The van der Waals surface area contributed by atoms with E-state index in [0.717, 1.165) is 41.7 Å². The zero-order chi connectivity index (χ0) is 16.6. The van der Waals surface area contributed by atoms with E-state index < -0.39 is 0 Å². The van der Waals surface area contributed by atoms with Crippen LogP contribution in [-0.4, -0.2) is 15.0 Å². The number of rotatable bonds is 8. The van der Waals surface area contributed by atoms with Gasteiger partial charge >= 0.3 is 0 Å². The second kappa shape index (κ2) is 8.53.